The van der Waals surface area contributed by atoms with Crippen molar-refractivity contribution in [2.45, 2.75) is 44.4 Å². The summed E-state index contributed by atoms with van der Waals surface area (Å²) in [5.41, 5.74) is 3.89. The van der Waals surface area contributed by atoms with Crippen molar-refractivity contribution < 1.29 is 0 Å². The number of halogens is 1. The summed E-state index contributed by atoms with van der Waals surface area (Å²) in [4.78, 5) is 0. The van der Waals surface area contributed by atoms with E-state index in [4.69, 9.17) is 0 Å². The third kappa shape index (κ3) is 5.82. The minimum atomic E-state index is 0.759. The van der Waals surface area contributed by atoms with E-state index in [0.717, 1.165) is 23.4 Å². The molecule has 1 N–H and O–H groups in total. The third-order valence-electron chi connectivity index (χ3n) is 4.25. The van der Waals surface area contributed by atoms with Gasteiger partial charge in [-0.05, 0) is 56.4 Å². The van der Waals surface area contributed by atoms with Crippen LogP contribution < -0.4 is 5.32 Å². The molecule has 0 amide bonds. The first-order valence-electron chi connectivity index (χ1n) is 8.74. The van der Waals surface area contributed by atoms with E-state index in [9.17, 15) is 0 Å². The fraction of sp³-hybridized carbons (Fsp3) is 0.450. The molecule has 4 heteroatoms. The fourth-order valence-corrected chi connectivity index (χ4v) is 3.18. The lowest BCUT2D eigenvalue weighted by molar-refractivity contribution is 0.642. The first-order chi connectivity index (χ1) is 11.7. The monoisotopic (exact) mass is 389 g/mol. The summed E-state index contributed by atoms with van der Waals surface area (Å²) in [6, 6.07) is 10.7. The van der Waals surface area contributed by atoms with Crippen molar-refractivity contribution in [2.24, 2.45) is 7.05 Å². The second-order valence-corrected chi connectivity index (χ2v) is 7.12. The molecule has 24 heavy (non-hydrogen) atoms. The van der Waals surface area contributed by atoms with Crippen molar-refractivity contribution in [3.63, 3.8) is 0 Å². The molecule has 0 atom stereocenters. The molecule has 0 spiro atoms. The van der Waals surface area contributed by atoms with Gasteiger partial charge in [-0.25, -0.2) is 0 Å². The maximum atomic E-state index is 4.64. The van der Waals surface area contributed by atoms with Crippen molar-refractivity contribution in [1.29, 1.82) is 0 Å². The maximum Gasteiger partial charge on any atom is 0.0658 e. The molecule has 130 valence electrons. The largest absolute Gasteiger partial charge is 0.385 e. The Balaban J connectivity index is 0.00000100. The van der Waals surface area contributed by atoms with Crippen LogP contribution in [0.4, 0.5) is 5.69 Å². The highest BCUT2D eigenvalue weighted by Crippen LogP contribution is 2.39. The van der Waals surface area contributed by atoms with Gasteiger partial charge < -0.3 is 5.32 Å². The van der Waals surface area contributed by atoms with E-state index in [1.54, 1.807) is 0 Å². The zero-order chi connectivity index (χ0) is 17.4. The van der Waals surface area contributed by atoms with E-state index in [0.29, 0.717) is 0 Å². The quantitative estimate of drug-likeness (QED) is 0.464. The Morgan fingerprint density at radius 3 is 2.71 bits per heavy atom. The molecule has 1 heterocycles. The molecule has 0 radical (unpaired) electrons. The van der Waals surface area contributed by atoms with Crippen LogP contribution in [0.5, 0.6) is 0 Å². The van der Waals surface area contributed by atoms with Crippen LogP contribution in [0.15, 0.2) is 48.0 Å². The van der Waals surface area contributed by atoms with E-state index in [2.05, 4.69) is 81.6 Å². The van der Waals surface area contributed by atoms with Crippen molar-refractivity contribution in [1.82, 2.24) is 9.78 Å². The number of aryl methyl sites for hydroxylation is 2. The minimum absolute atomic E-state index is 0.759. The third-order valence-corrected chi connectivity index (χ3v) is 4.75. The van der Waals surface area contributed by atoms with E-state index in [-0.39, 0.29) is 0 Å². The molecule has 0 unspecified atom stereocenters. The summed E-state index contributed by atoms with van der Waals surface area (Å²) in [5, 5.41) is 8.11. The number of benzene rings is 1. The number of aromatic nitrogens is 2. The standard InChI is InChI=1S/C18H24BrN3.C2H4/c1-22-17(13-18(21-22)14-9-10-14)8-3-2-4-11-20-16-7-5-6-15(19)12-16;1-2/h5-7,12-14,20H,2-4,8-11H2,1H3;1-2H2. The molecule has 1 aromatic heterocycles. The van der Waals surface area contributed by atoms with Crippen LogP contribution in [0.3, 0.4) is 0 Å². The minimum Gasteiger partial charge on any atom is -0.385 e. The van der Waals surface area contributed by atoms with Crippen molar-refractivity contribution in [3.05, 3.63) is 59.4 Å². The van der Waals surface area contributed by atoms with Crippen LogP contribution >= 0.6 is 15.9 Å². The molecule has 1 saturated carbocycles. The van der Waals surface area contributed by atoms with E-state index < -0.39 is 0 Å². The van der Waals surface area contributed by atoms with Gasteiger partial charge in [0, 0.05) is 35.4 Å². The van der Waals surface area contributed by atoms with Gasteiger partial charge in [0.2, 0.25) is 0 Å². The maximum absolute atomic E-state index is 4.64. The second kappa shape index (κ2) is 9.67. The van der Waals surface area contributed by atoms with Crippen LogP contribution in [0.1, 0.15) is 49.4 Å². The van der Waals surface area contributed by atoms with E-state index in [1.165, 1.54) is 49.2 Å². The van der Waals surface area contributed by atoms with Gasteiger partial charge in [0.15, 0.2) is 0 Å². The van der Waals surface area contributed by atoms with Crippen molar-refractivity contribution in [3.8, 4) is 0 Å². The molecule has 3 rings (SSSR count). The Morgan fingerprint density at radius 2 is 2.00 bits per heavy atom. The lowest BCUT2D eigenvalue weighted by Crippen LogP contribution is -2.02. The number of unbranched alkanes of at least 4 members (excludes halogenated alkanes) is 2. The lowest BCUT2D eigenvalue weighted by Gasteiger charge is -2.06. The van der Waals surface area contributed by atoms with Crippen molar-refractivity contribution in [2.75, 3.05) is 11.9 Å². The van der Waals surface area contributed by atoms with E-state index in [1.807, 2.05) is 0 Å². The molecule has 0 aliphatic heterocycles. The predicted molar refractivity (Wildman–Crippen MR) is 107 cm³/mol. The SMILES string of the molecule is C=C.Cn1nc(C2CC2)cc1CCCCCNc1cccc(Br)c1. The van der Waals surface area contributed by atoms with Gasteiger partial charge in [0.05, 0.1) is 5.69 Å². The fourth-order valence-electron chi connectivity index (χ4n) is 2.78. The molecule has 2 aromatic rings. The number of hydrogen-bond donors (Lipinski definition) is 1. The molecule has 0 bridgehead atoms. The Labute approximate surface area is 154 Å². The van der Waals surface area contributed by atoms with Gasteiger partial charge in [-0.3, -0.25) is 4.68 Å². The van der Waals surface area contributed by atoms with Crippen LogP contribution in [-0.4, -0.2) is 16.3 Å². The first-order valence-corrected chi connectivity index (χ1v) is 9.54. The Morgan fingerprint density at radius 1 is 1.21 bits per heavy atom. The number of rotatable bonds is 8. The predicted octanol–water partition coefficient (Wildman–Crippen LogP) is 5.69. The second-order valence-electron chi connectivity index (χ2n) is 6.21. The average Bonchev–Trinajstić information content (AvgIpc) is 3.37. The molecular weight excluding hydrogens is 362 g/mol. The Bertz CT molecular complexity index is 632. The molecule has 3 nitrogen and oxygen atoms in total. The molecule has 1 aliphatic carbocycles. The number of hydrogen-bond acceptors (Lipinski definition) is 2. The van der Waals surface area contributed by atoms with Gasteiger partial charge in [0.1, 0.15) is 0 Å². The normalized spacial score (nSPS) is 13.2. The highest BCUT2D eigenvalue weighted by atomic mass is 79.9. The topological polar surface area (TPSA) is 29.9 Å². The average molecular weight is 390 g/mol. The Kier molecular flexibility index (Phi) is 7.57. The van der Waals surface area contributed by atoms with Gasteiger partial charge >= 0.3 is 0 Å². The summed E-state index contributed by atoms with van der Waals surface area (Å²) < 4.78 is 3.20. The summed E-state index contributed by atoms with van der Waals surface area (Å²) in [5.74, 6) is 0.759. The Hall–Kier alpha value is -1.55. The van der Waals surface area contributed by atoms with Crippen LogP contribution in [0, 0.1) is 0 Å². The number of anilines is 1. The van der Waals surface area contributed by atoms with Crippen LogP contribution in [-0.2, 0) is 13.5 Å². The van der Waals surface area contributed by atoms with E-state index >= 15 is 0 Å². The first kappa shape index (κ1) is 18.8. The molecule has 0 saturated heterocycles. The molecule has 1 fully saturated rings. The number of nitrogens with zero attached hydrogens (tertiary/aromatic N) is 2. The summed E-state index contributed by atoms with van der Waals surface area (Å²) >= 11 is 3.50. The summed E-state index contributed by atoms with van der Waals surface area (Å²) in [7, 11) is 2.08. The smallest absolute Gasteiger partial charge is 0.0658 e. The van der Waals surface area contributed by atoms with Gasteiger partial charge in [-0.1, -0.05) is 28.4 Å². The highest BCUT2D eigenvalue weighted by Gasteiger charge is 2.26. The van der Waals surface area contributed by atoms with Gasteiger partial charge in [-0.15, -0.1) is 13.2 Å². The summed E-state index contributed by atoms with van der Waals surface area (Å²) in [6.45, 7) is 7.04. The lowest BCUT2D eigenvalue weighted by atomic mass is 10.1. The summed E-state index contributed by atoms with van der Waals surface area (Å²) in [6.07, 6.45) is 7.51. The zero-order valence-corrected chi connectivity index (χ0v) is 16.2. The van der Waals surface area contributed by atoms with Gasteiger partial charge in [-0.2, -0.15) is 5.10 Å². The zero-order valence-electron chi connectivity index (χ0n) is 14.6. The van der Waals surface area contributed by atoms with Crippen LogP contribution in [0.2, 0.25) is 0 Å². The van der Waals surface area contributed by atoms with Crippen LogP contribution in [0.25, 0.3) is 0 Å². The van der Waals surface area contributed by atoms with Gasteiger partial charge in [0.25, 0.3) is 0 Å². The molecular formula is C20H28BrN3. The molecule has 1 aromatic carbocycles. The number of nitrogens with one attached hydrogen (secondary N) is 1. The van der Waals surface area contributed by atoms with Crippen molar-refractivity contribution >= 4 is 21.6 Å². The highest BCUT2D eigenvalue weighted by molar-refractivity contribution is 9.10. The molecule has 1 aliphatic rings.